The van der Waals surface area contributed by atoms with Gasteiger partial charge in [0.1, 0.15) is 0 Å². The lowest BCUT2D eigenvalue weighted by Crippen LogP contribution is -2.43. The van der Waals surface area contributed by atoms with Crippen LogP contribution < -0.4 is 5.32 Å². The van der Waals surface area contributed by atoms with Gasteiger partial charge < -0.3 is 5.32 Å². The van der Waals surface area contributed by atoms with Gasteiger partial charge in [-0.2, -0.15) is 0 Å². The Morgan fingerprint density at radius 3 is 2.20 bits per heavy atom. The van der Waals surface area contributed by atoms with Crippen LogP contribution in [0.15, 0.2) is 33.6 Å². The standard InChI is InChI=1S/C15H24BrNO2S/c1-4-7-14(17-6-3)15(5-2)20(18,19)13-10-8-12(16)9-11-13/h8-11,14-15,17H,4-7H2,1-3H3. The van der Waals surface area contributed by atoms with E-state index in [2.05, 4.69) is 28.2 Å². The summed E-state index contributed by atoms with van der Waals surface area (Å²) in [6.45, 7) is 6.84. The number of hydrogen-bond acceptors (Lipinski definition) is 3. The fraction of sp³-hybridized carbons (Fsp3) is 0.600. The maximum Gasteiger partial charge on any atom is 0.182 e. The van der Waals surface area contributed by atoms with E-state index in [4.69, 9.17) is 0 Å². The molecular weight excluding hydrogens is 338 g/mol. The maximum atomic E-state index is 12.8. The Labute approximate surface area is 131 Å². The monoisotopic (exact) mass is 361 g/mol. The molecule has 0 aliphatic rings. The number of hydrogen-bond donors (Lipinski definition) is 1. The van der Waals surface area contributed by atoms with Crippen molar-refractivity contribution in [3.8, 4) is 0 Å². The van der Waals surface area contributed by atoms with Gasteiger partial charge >= 0.3 is 0 Å². The lowest BCUT2D eigenvalue weighted by atomic mass is 10.1. The maximum absolute atomic E-state index is 12.8. The second-order valence-corrected chi connectivity index (χ2v) is 7.98. The average molecular weight is 362 g/mol. The van der Waals surface area contributed by atoms with Gasteiger partial charge in [0.15, 0.2) is 9.84 Å². The van der Waals surface area contributed by atoms with Crippen molar-refractivity contribution in [3.63, 3.8) is 0 Å². The highest BCUT2D eigenvalue weighted by molar-refractivity contribution is 9.10. The van der Waals surface area contributed by atoms with Gasteiger partial charge in [0.25, 0.3) is 0 Å². The Morgan fingerprint density at radius 1 is 1.15 bits per heavy atom. The van der Waals surface area contributed by atoms with E-state index in [1.807, 2.05) is 13.8 Å². The lowest BCUT2D eigenvalue weighted by Gasteiger charge is -2.26. The van der Waals surface area contributed by atoms with Gasteiger partial charge in [-0.3, -0.25) is 0 Å². The molecule has 1 aromatic carbocycles. The smallest absolute Gasteiger partial charge is 0.182 e. The first kappa shape index (κ1) is 17.7. The molecule has 0 bridgehead atoms. The molecule has 0 heterocycles. The Kier molecular flexibility index (Phi) is 7.20. The first-order chi connectivity index (χ1) is 9.47. The van der Waals surface area contributed by atoms with Crippen molar-refractivity contribution in [3.05, 3.63) is 28.7 Å². The van der Waals surface area contributed by atoms with Crippen LogP contribution in [-0.4, -0.2) is 26.3 Å². The molecule has 0 aliphatic heterocycles. The van der Waals surface area contributed by atoms with Crippen molar-refractivity contribution in [2.24, 2.45) is 0 Å². The summed E-state index contributed by atoms with van der Waals surface area (Å²) in [7, 11) is -3.29. The Hall–Kier alpha value is -0.390. The van der Waals surface area contributed by atoms with Crippen molar-refractivity contribution in [2.75, 3.05) is 6.54 Å². The zero-order valence-corrected chi connectivity index (χ0v) is 14.8. The zero-order valence-electron chi connectivity index (χ0n) is 12.4. The molecule has 1 aromatic rings. The molecule has 0 fully saturated rings. The summed E-state index contributed by atoms with van der Waals surface area (Å²) in [5, 5.41) is 2.96. The Morgan fingerprint density at radius 2 is 1.75 bits per heavy atom. The highest BCUT2D eigenvalue weighted by Crippen LogP contribution is 2.24. The first-order valence-electron chi connectivity index (χ1n) is 7.20. The van der Waals surface area contributed by atoms with Gasteiger partial charge in [-0.25, -0.2) is 8.42 Å². The Balaban J connectivity index is 3.10. The van der Waals surface area contributed by atoms with E-state index in [9.17, 15) is 8.42 Å². The van der Waals surface area contributed by atoms with Gasteiger partial charge in [-0.15, -0.1) is 0 Å². The minimum atomic E-state index is -3.29. The van der Waals surface area contributed by atoms with E-state index in [0.29, 0.717) is 11.3 Å². The van der Waals surface area contributed by atoms with E-state index >= 15 is 0 Å². The molecule has 1 rings (SSSR count). The van der Waals surface area contributed by atoms with E-state index in [0.717, 1.165) is 23.9 Å². The van der Waals surface area contributed by atoms with E-state index < -0.39 is 9.84 Å². The molecule has 20 heavy (non-hydrogen) atoms. The molecule has 0 spiro atoms. The molecule has 3 nitrogen and oxygen atoms in total. The van der Waals surface area contributed by atoms with Gasteiger partial charge in [0.05, 0.1) is 10.1 Å². The second-order valence-electron chi connectivity index (χ2n) is 4.90. The summed E-state index contributed by atoms with van der Waals surface area (Å²) in [6.07, 6.45) is 2.47. The summed E-state index contributed by atoms with van der Waals surface area (Å²) in [5.74, 6) is 0. The molecule has 0 aliphatic carbocycles. The first-order valence-corrected chi connectivity index (χ1v) is 9.54. The predicted molar refractivity (Wildman–Crippen MR) is 87.8 cm³/mol. The normalized spacial score (nSPS) is 15.0. The quantitative estimate of drug-likeness (QED) is 0.766. The fourth-order valence-electron chi connectivity index (χ4n) is 2.51. The van der Waals surface area contributed by atoms with Gasteiger partial charge in [-0.1, -0.05) is 43.1 Å². The van der Waals surface area contributed by atoms with Crippen LogP contribution in [-0.2, 0) is 9.84 Å². The average Bonchev–Trinajstić information content (AvgIpc) is 2.40. The molecule has 0 radical (unpaired) electrons. The Bertz CT molecular complexity index is 493. The topological polar surface area (TPSA) is 46.2 Å². The summed E-state index contributed by atoms with van der Waals surface area (Å²) in [4.78, 5) is 0.409. The van der Waals surface area contributed by atoms with Crippen LogP contribution in [0.25, 0.3) is 0 Å². The van der Waals surface area contributed by atoms with Crippen molar-refractivity contribution in [1.29, 1.82) is 0 Å². The number of halogens is 1. The van der Waals surface area contributed by atoms with Gasteiger partial charge in [0, 0.05) is 10.5 Å². The molecule has 2 atom stereocenters. The molecule has 5 heteroatoms. The minimum absolute atomic E-state index is 0.0173. The molecule has 0 saturated heterocycles. The SMILES string of the molecule is CCCC(NCC)C(CC)S(=O)(=O)c1ccc(Br)cc1. The van der Waals surface area contributed by atoms with Crippen molar-refractivity contribution in [1.82, 2.24) is 5.32 Å². The minimum Gasteiger partial charge on any atom is -0.313 e. The van der Waals surface area contributed by atoms with Crippen LogP contribution in [0.4, 0.5) is 0 Å². The summed E-state index contributed by atoms with van der Waals surface area (Å²) in [5.41, 5.74) is 0. The third kappa shape index (κ3) is 4.30. The van der Waals surface area contributed by atoms with Crippen molar-refractivity contribution in [2.45, 2.75) is 56.2 Å². The molecule has 0 amide bonds. The van der Waals surface area contributed by atoms with Crippen molar-refractivity contribution >= 4 is 25.8 Å². The number of benzene rings is 1. The molecule has 0 saturated carbocycles. The summed E-state index contributed by atoms with van der Waals surface area (Å²) < 4.78 is 26.5. The van der Waals surface area contributed by atoms with Crippen LogP contribution in [0, 0.1) is 0 Å². The number of rotatable bonds is 8. The van der Waals surface area contributed by atoms with Gasteiger partial charge in [0.2, 0.25) is 0 Å². The summed E-state index contributed by atoms with van der Waals surface area (Å²) in [6, 6.07) is 6.93. The molecule has 0 aromatic heterocycles. The van der Waals surface area contributed by atoms with Crippen LogP contribution >= 0.6 is 15.9 Å². The highest BCUT2D eigenvalue weighted by Gasteiger charge is 2.32. The van der Waals surface area contributed by atoms with Crippen LogP contribution in [0.1, 0.15) is 40.0 Å². The molecule has 2 unspecified atom stereocenters. The zero-order chi connectivity index (χ0) is 15.2. The second kappa shape index (κ2) is 8.15. The lowest BCUT2D eigenvalue weighted by molar-refractivity contribution is 0.445. The number of sulfone groups is 1. The number of nitrogens with one attached hydrogen (secondary N) is 1. The van der Waals surface area contributed by atoms with Crippen LogP contribution in [0.5, 0.6) is 0 Å². The highest BCUT2D eigenvalue weighted by atomic mass is 79.9. The van der Waals surface area contributed by atoms with Crippen LogP contribution in [0.2, 0.25) is 0 Å². The van der Waals surface area contributed by atoms with E-state index in [-0.39, 0.29) is 11.3 Å². The van der Waals surface area contributed by atoms with E-state index in [1.165, 1.54) is 0 Å². The largest absolute Gasteiger partial charge is 0.313 e. The third-order valence-electron chi connectivity index (χ3n) is 3.46. The van der Waals surface area contributed by atoms with Crippen molar-refractivity contribution < 1.29 is 8.42 Å². The van der Waals surface area contributed by atoms with Gasteiger partial charge in [-0.05, 0) is 43.7 Å². The predicted octanol–water partition coefficient (Wildman–Crippen LogP) is 3.78. The van der Waals surface area contributed by atoms with E-state index in [1.54, 1.807) is 24.3 Å². The third-order valence-corrected chi connectivity index (χ3v) is 6.37. The molecule has 1 N–H and O–H groups in total. The molecule has 114 valence electrons. The van der Waals surface area contributed by atoms with Crippen LogP contribution in [0.3, 0.4) is 0 Å². The molecular formula is C15H24BrNO2S. The fourth-order valence-corrected chi connectivity index (χ4v) is 4.74. The summed E-state index contributed by atoms with van der Waals surface area (Å²) >= 11 is 3.34.